The minimum atomic E-state index is -0.375. The van der Waals surface area contributed by atoms with Gasteiger partial charge in [0.25, 0.3) is 0 Å². The van der Waals surface area contributed by atoms with Crippen molar-refractivity contribution in [1.29, 1.82) is 0 Å². The lowest BCUT2D eigenvalue weighted by Gasteiger charge is -2.30. The lowest BCUT2D eigenvalue weighted by atomic mass is 10.0. The monoisotopic (exact) mass is 327 g/mol. The van der Waals surface area contributed by atoms with Crippen LogP contribution < -0.4 is 0 Å². The van der Waals surface area contributed by atoms with Gasteiger partial charge in [-0.2, -0.15) is 0 Å². The normalized spacial score (nSPS) is 12.5. The summed E-state index contributed by atoms with van der Waals surface area (Å²) >= 11 is 0. The Morgan fingerprint density at radius 3 is 2.04 bits per heavy atom. The molecular formula is C20H25NO3. The number of nitrogens with zero attached hydrogens (tertiary/aromatic N) is 1. The van der Waals surface area contributed by atoms with Gasteiger partial charge in [0.2, 0.25) is 0 Å². The largest absolute Gasteiger partial charge is 0.355 e. The molecule has 128 valence electrons. The van der Waals surface area contributed by atoms with Crippen LogP contribution >= 0.6 is 0 Å². The van der Waals surface area contributed by atoms with Crippen molar-refractivity contribution in [2.24, 2.45) is 0 Å². The maximum Gasteiger partial charge on any atom is 0.179 e. The molecule has 2 rings (SSSR count). The van der Waals surface area contributed by atoms with Crippen molar-refractivity contribution in [2.75, 3.05) is 20.8 Å². The van der Waals surface area contributed by atoms with E-state index in [0.29, 0.717) is 13.1 Å². The molecule has 0 N–H and O–H groups in total. The van der Waals surface area contributed by atoms with Crippen molar-refractivity contribution in [1.82, 2.24) is 4.90 Å². The van der Waals surface area contributed by atoms with Crippen LogP contribution in [-0.2, 0) is 16.0 Å². The molecule has 24 heavy (non-hydrogen) atoms. The van der Waals surface area contributed by atoms with E-state index >= 15 is 0 Å². The minimum Gasteiger partial charge on any atom is -0.355 e. The highest BCUT2D eigenvalue weighted by molar-refractivity contribution is 5.99. The van der Waals surface area contributed by atoms with E-state index in [1.54, 1.807) is 14.2 Å². The Kier molecular flexibility index (Phi) is 7.12. The summed E-state index contributed by atoms with van der Waals surface area (Å²) in [6.45, 7) is 3.10. The molecule has 0 spiro atoms. The fourth-order valence-electron chi connectivity index (χ4n) is 2.62. The number of benzene rings is 2. The average Bonchev–Trinajstić information content (AvgIpc) is 2.65. The number of rotatable bonds is 9. The molecule has 0 heterocycles. The number of methoxy groups -OCH3 is 2. The van der Waals surface area contributed by atoms with Crippen molar-refractivity contribution in [3.8, 4) is 0 Å². The topological polar surface area (TPSA) is 38.8 Å². The minimum absolute atomic E-state index is 0.0949. The fraction of sp³-hybridized carbons (Fsp3) is 0.350. The molecule has 0 aliphatic rings. The van der Waals surface area contributed by atoms with E-state index in [1.807, 2.05) is 55.5 Å². The summed E-state index contributed by atoms with van der Waals surface area (Å²) < 4.78 is 10.7. The van der Waals surface area contributed by atoms with Crippen molar-refractivity contribution in [3.63, 3.8) is 0 Å². The Morgan fingerprint density at radius 2 is 1.50 bits per heavy atom. The molecule has 0 saturated heterocycles. The van der Waals surface area contributed by atoms with Gasteiger partial charge in [-0.25, -0.2) is 0 Å². The molecule has 1 unspecified atom stereocenters. The zero-order valence-corrected chi connectivity index (χ0v) is 14.5. The molecule has 2 aromatic rings. The number of carbonyl (C=O) groups is 1. The number of hydrogen-bond donors (Lipinski definition) is 0. The van der Waals surface area contributed by atoms with Gasteiger partial charge in [-0.1, -0.05) is 60.7 Å². The van der Waals surface area contributed by atoms with E-state index < -0.39 is 0 Å². The van der Waals surface area contributed by atoms with Crippen LogP contribution in [0.5, 0.6) is 0 Å². The van der Waals surface area contributed by atoms with Crippen LogP contribution in [0.1, 0.15) is 22.8 Å². The first kappa shape index (κ1) is 18.3. The van der Waals surface area contributed by atoms with Gasteiger partial charge in [0.05, 0.1) is 12.6 Å². The number of ketones is 1. The first-order chi connectivity index (χ1) is 11.7. The van der Waals surface area contributed by atoms with Crippen LogP contribution in [0.15, 0.2) is 60.7 Å². The van der Waals surface area contributed by atoms with Crippen LogP contribution in [-0.4, -0.2) is 43.8 Å². The standard InChI is InChI=1S/C20H25NO3/c1-16(20(22)18-12-8-5-9-13-18)21(15-19(23-2)24-3)14-17-10-6-4-7-11-17/h4-13,16,19H,14-15H2,1-3H3. The molecule has 1 atom stereocenters. The summed E-state index contributed by atoms with van der Waals surface area (Å²) in [7, 11) is 3.22. The van der Waals surface area contributed by atoms with Gasteiger partial charge in [0.1, 0.15) is 0 Å². The molecule has 0 radical (unpaired) electrons. The van der Waals surface area contributed by atoms with Crippen molar-refractivity contribution < 1.29 is 14.3 Å². The van der Waals surface area contributed by atoms with E-state index in [9.17, 15) is 4.79 Å². The summed E-state index contributed by atoms with van der Waals surface area (Å²) in [6.07, 6.45) is -0.375. The predicted molar refractivity (Wildman–Crippen MR) is 94.9 cm³/mol. The van der Waals surface area contributed by atoms with Gasteiger partial charge in [0, 0.05) is 26.3 Å². The predicted octanol–water partition coefficient (Wildman–Crippen LogP) is 3.38. The highest BCUT2D eigenvalue weighted by Crippen LogP contribution is 2.14. The molecule has 0 aliphatic carbocycles. The van der Waals surface area contributed by atoms with E-state index in [0.717, 1.165) is 11.1 Å². The highest BCUT2D eigenvalue weighted by Gasteiger charge is 2.25. The highest BCUT2D eigenvalue weighted by atomic mass is 16.7. The van der Waals surface area contributed by atoms with Gasteiger partial charge < -0.3 is 9.47 Å². The molecule has 0 aromatic heterocycles. The Morgan fingerprint density at radius 1 is 0.958 bits per heavy atom. The summed E-state index contributed by atoms with van der Waals surface area (Å²) in [5.74, 6) is 0.0949. The van der Waals surface area contributed by atoms with Crippen molar-refractivity contribution in [3.05, 3.63) is 71.8 Å². The van der Waals surface area contributed by atoms with Crippen LogP contribution in [0.3, 0.4) is 0 Å². The molecule has 0 saturated carbocycles. The zero-order chi connectivity index (χ0) is 17.4. The molecule has 0 amide bonds. The van der Waals surface area contributed by atoms with Gasteiger partial charge in [0.15, 0.2) is 12.1 Å². The number of carbonyl (C=O) groups excluding carboxylic acids is 1. The number of ether oxygens (including phenoxy) is 2. The second kappa shape index (κ2) is 9.33. The lowest BCUT2D eigenvalue weighted by Crippen LogP contribution is -2.43. The third-order valence-corrected chi connectivity index (χ3v) is 4.12. The van der Waals surface area contributed by atoms with Crippen LogP contribution in [0.25, 0.3) is 0 Å². The van der Waals surface area contributed by atoms with Gasteiger partial charge >= 0.3 is 0 Å². The molecule has 0 aliphatic heterocycles. The summed E-state index contributed by atoms with van der Waals surface area (Å²) in [5, 5.41) is 0. The van der Waals surface area contributed by atoms with Gasteiger partial charge in [-0.15, -0.1) is 0 Å². The Hall–Kier alpha value is -2.01. The van der Waals surface area contributed by atoms with Gasteiger partial charge in [-0.3, -0.25) is 9.69 Å². The maximum atomic E-state index is 12.8. The second-order valence-corrected chi connectivity index (χ2v) is 5.72. The van der Waals surface area contributed by atoms with Crippen LogP contribution in [0.4, 0.5) is 0 Å². The van der Waals surface area contributed by atoms with Crippen LogP contribution in [0.2, 0.25) is 0 Å². The van der Waals surface area contributed by atoms with Crippen LogP contribution in [0, 0.1) is 0 Å². The number of Topliss-reactive ketones (excluding diaryl/α,β-unsaturated/α-hetero) is 1. The third kappa shape index (κ3) is 4.99. The molecule has 4 nitrogen and oxygen atoms in total. The van der Waals surface area contributed by atoms with Gasteiger partial charge in [-0.05, 0) is 12.5 Å². The molecule has 0 bridgehead atoms. The van der Waals surface area contributed by atoms with E-state index in [1.165, 1.54) is 0 Å². The fourth-order valence-corrected chi connectivity index (χ4v) is 2.62. The average molecular weight is 327 g/mol. The summed E-state index contributed by atoms with van der Waals surface area (Å²) in [6, 6.07) is 19.2. The summed E-state index contributed by atoms with van der Waals surface area (Å²) in [5.41, 5.74) is 1.87. The number of hydrogen-bond acceptors (Lipinski definition) is 4. The first-order valence-corrected chi connectivity index (χ1v) is 8.08. The maximum absolute atomic E-state index is 12.8. The third-order valence-electron chi connectivity index (χ3n) is 4.12. The Labute approximate surface area is 144 Å². The van der Waals surface area contributed by atoms with Crippen molar-refractivity contribution >= 4 is 5.78 Å². The first-order valence-electron chi connectivity index (χ1n) is 8.08. The van der Waals surface area contributed by atoms with Crippen molar-refractivity contribution in [2.45, 2.75) is 25.8 Å². The molecular weight excluding hydrogens is 302 g/mol. The smallest absolute Gasteiger partial charge is 0.179 e. The Bertz CT molecular complexity index is 611. The molecule has 2 aromatic carbocycles. The zero-order valence-electron chi connectivity index (χ0n) is 14.5. The van der Waals surface area contributed by atoms with E-state index in [-0.39, 0.29) is 18.1 Å². The second-order valence-electron chi connectivity index (χ2n) is 5.72. The SMILES string of the molecule is COC(CN(Cc1ccccc1)C(C)C(=O)c1ccccc1)OC. The Balaban J connectivity index is 2.18. The molecule has 0 fully saturated rings. The quantitative estimate of drug-likeness (QED) is 0.523. The molecule has 4 heteroatoms. The lowest BCUT2D eigenvalue weighted by molar-refractivity contribution is -0.119. The summed E-state index contributed by atoms with van der Waals surface area (Å²) in [4.78, 5) is 14.9. The van der Waals surface area contributed by atoms with E-state index in [2.05, 4.69) is 17.0 Å². The van der Waals surface area contributed by atoms with E-state index in [4.69, 9.17) is 9.47 Å².